The molecule has 0 saturated carbocycles. The van der Waals surface area contributed by atoms with Crippen LogP contribution in [0.2, 0.25) is 0 Å². The quantitative estimate of drug-likeness (QED) is 0.865. The summed E-state index contributed by atoms with van der Waals surface area (Å²) in [5, 5.41) is 0. The Labute approximate surface area is 110 Å². The zero-order chi connectivity index (χ0) is 12.3. The van der Waals surface area contributed by atoms with Crippen LogP contribution in [0.25, 0.3) is 0 Å². The maximum Gasteiger partial charge on any atom is 0.122 e. The summed E-state index contributed by atoms with van der Waals surface area (Å²) in [5.74, 6) is 1.27. The Morgan fingerprint density at radius 2 is 2.06 bits per heavy atom. The Hall–Kier alpha value is -0.610. The van der Waals surface area contributed by atoms with Crippen LogP contribution in [-0.2, 0) is 0 Å². The molecule has 0 amide bonds. The molecule has 2 unspecified atom stereocenters. The fourth-order valence-electron chi connectivity index (χ4n) is 1.58. The molecule has 0 bridgehead atoms. The Kier molecular flexibility index (Phi) is 4.74. The number of benzene rings is 1. The molecule has 1 aromatic rings. The highest BCUT2D eigenvalue weighted by atomic mass is 79.9. The van der Waals surface area contributed by atoms with E-state index in [9.17, 15) is 0 Å². The van der Waals surface area contributed by atoms with Gasteiger partial charge in [0.1, 0.15) is 5.75 Å². The van der Waals surface area contributed by atoms with Gasteiger partial charge in [-0.2, -0.15) is 0 Å². The molecule has 0 spiro atoms. The first-order valence-electron chi connectivity index (χ1n) is 5.10. The van der Waals surface area contributed by atoms with Crippen LogP contribution in [0.1, 0.15) is 25.3 Å². The van der Waals surface area contributed by atoms with Gasteiger partial charge in [0.25, 0.3) is 0 Å². The van der Waals surface area contributed by atoms with E-state index < -0.39 is 0 Å². The average molecular weight is 302 g/mol. The number of hydrogen-bond donors (Lipinski definition) is 1. The number of rotatable bonds is 4. The molecule has 2 nitrogen and oxygen atoms in total. The molecule has 1 rings (SSSR count). The predicted octanol–water partition coefficient (Wildman–Crippen LogP) is 3.48. The van der Waals surface area contributed by atoms with E-state index in [1.807, 2.05) is 19.1 Å². The van der Waals surface area contributed by atoms with Gasteiger partial charge in [0.05, 0.1) is 12.1 Å². The lowest BCUT2D eigenvalue weighted by molar-refractivity contribution is 0.403. The third-order valence-electron chi connectivity index (χ3n) is 2.88. The second kappa shape index (κ2) is 5.64. The van der Waals surface area contributed by atoms with Gasteiger partial charge in [0.15, 0.2) is 0 Å². The molecule has 0 fully saturated rings. The summed E-state index contributed by atoms with van der Waals surface area (Å²) in [6.07, 6.45) is 0. The number of ether oxygens (including phenoxy) is 1. The van der Waals surface area contributed by atoms with Crippen molar-refractivity contribution in [3.8, 4) is 5.75 Å². The topological polar surface area (TPSA) is 35.2 Å². The maximum atomic E-state index is 5.68. The number of hydrogen-bond acceptors (Lipinski definition) is 2. The number of halogens is 1. The van der Waals surface area contributed by atoms with Gasteiger partial charge in [-0.25, -0.2) is 0 Å². The first kappa shape index (κ1) is 13.5. The van der Waals surface area contributed by atoms with Crippen molar-refractivity contribution < 1.29 is 4.74 Å². The molecule has 0 aliphatic heterocycles. The molecule has 2 N–H and O–H groups in total. The monoisotopic (exact) mass is 301 g/mol. The highest BCUT2D eigenvalue weighted by Gasteiger charge is 2.20. The largest absolute Gasteiger partial charge is 0.496 e. The van der Waals surface area contributed by atoms with Gasteiger partial charge in [-0.1, -0.05) is 42.0 Å². The Morgan fingerprint density at radius 3 is 2.56 bits per heavy atom. The minimum Gasteiger partial charge on any atom is -0.496 e. The lowest BCUT2D eigenvalue weighted by Crippen LogP contribution is -2.23. The summed E-state index contributed by atoms with van der Waals surface area (Å²) in [6, 6.07) is 5.96. The third-order valence-corrected chi connectivity index (χ3v) is 3.75. The Balaban J connectivity index is 3.10. The summed E-state index contributed by atoms with van der Waals surface area (Å²) in [4.78, 5) is 0.537. The second-order valence-corrected chi connectivity index (χ2v) is 5.25. The molecular formula is C12H16BrNOS. The standard InChI is InChI=1S/C12H16BrNOS/c1-7(8(2)12(14)16)10-6-9(13)4-5-11(10)15-3/h4-8H,1-3H3,(H2,14,16). The van der Waals surface area contributed by atoms with E-state index in [1.165, 1.54) is 0 Å². The van der Waals surface area contributed by atoms with Gasteiger partial charge < -0.3 is 10.5 Å². The minimum atomic E-state index is 0.151. The lowest BCUT2D eigenvalue weighted by Gasteiger charge is -2.21. The molecular weight excluding hydrogens is 286 g/mol. The molecule has 16 heavy (non-hydrogen) atoms. The summed E-state index contributed by atoms with van der Waals surface area (Å²) in [5.41, 5.74) is 6.81. The zero-order valence-electron chi connectivity index (χ0n) is 9.66. The van der Waals surface area contributed by atoms with Gasteiger partial charge in [0, 0.05) is 10.4 Å². The molecule has 2 atom stereocenters. The van der Waals surface area contributed by atoms with Crippen LogP contribution in [0.4, 0.5) is 0 Å². The van der Waals surface area contributed by atoms with E-state index in [0.29, 0.717) is 4.99 Å². The maximum absolute atomic E-state index is 5.68. The van der Waals surface area contributed by atoms with E-state index in [4.69, 9.17) is 22.7 Å². The van der Waals surface area contributed by atoms with Gasteiger partial charge >= 0.3 is 0 Å². The van der Waals surface area contributed by atoms with Crippen molar-refractivity contribution in [3.63, 3.8) is 0 Å². The molecule has 1 aromatic carbocycles. The van der Waals surface area contributed by atoms with Crippen LogP contribution in [0, 0.1) is 5.92 Å². The third kappa shape index (κ3) is 2.95. The summed E-state index contributed by atoms with van der Waals surface area (Å²) < 4.78 is 6.38. The van der Waals surface area contributed by atoms with E-state index in [-0.39, 0.29) is 11.8 Å². The molecule has 0 radical (unpaired) electrons. The summed E-state index contributed by atoms with van der Waals surface area (Å²) in [6.45, 7) is 4.14. The van der Waals surface area contributed by atoms with Crippen molar-refractivity contribution in [2.24, 2.45) is 11.7 Å². The molecule has 0 saturated heterocycles. The molecule has 0 heterocycles. The van der Waals surface area contributed by atoms with Gasteiger partial charge in [-0.05, 0) is 29.7 Å². The number of thiocarbonyl (C=S) groups is 1. The molecule has 0 aliphatic rings. The SMILES string of the molecule is COc1ccc(Br)cc1C(C)C(C)C(N)=S. The van der Waals surface area contributed by atoms with Crippen molar-refractivity contribution in [1.82, 2.24) is 0 Å². The highest BCUT2D eigenvalue weighted by Crippen LogP contribution is 2.33. The van der Waals surface area contributed by atoms with E-state index in [1.54, 1.807) is 7.11 Å². The molecule has 0 aromatic heterocycles. The molecule has 88 valence electrons. The van der Waals surface area contributed by atoms with Crippen LogP contribution in [0.5, 0.6) is 5.75 Å². The van der Waals surface area contributed by atoms with E-state index in [0.717, 1.165) is 15.8 Å². The van der Waals surface area contributed by atoms with E-state index >= 15 is 0 Å². The first-order valence-corrected chi connectivity index (χ1v) is 6.30. The Morgan fingerprint density at radius 1 is 1.44 bits per heavy atom. The van der Waals surface area contributed by atoms with Crippen molar-refractivity contribution >= 4 is 33.1 Å². The van der Waals surface area contributed by atoms with Gasteiger partial charge in [0.2, 0.25) is 0 Å². The van der Waals surface area contributed by atoms with Crippen molar-refractivity contribution in [2.45, 2.75) is 19.8 Å². The van der Waals surface area contributed by atoms with Gasteiger partial charge in [-0.3, -0.25) is 0 Å². The normalized spacial score (nSPS) is 14.2. The van der Waals surface area contributed by atoms with Crippen molar-refractivity contribution in [2.75, 3.05) is 7.11 Å². The first-order chi connectivity index (χ1) is 7.47. The van der Waals surface area contributed by atoms with Crippen molar-refractivity contribution in [1.29, 1.82) is 0 Å². The number of methoxy groups -OCH3 is 1. The highest BCUT2D eigenvalue weighted by molar-refractivity contribution is 9.10. The van der Waals surface area contributed by atoms with Crippen LogP contribution in [-0.4, -0.2) is 12.1 Å². The average Bonchev–Trinajstić information content (AvgIpc) is 2.26. The fraction of sp³-hybridized carbons (Fsp3) is 0.417. The lowest BCUT2D eigenvalue weighted by atomic mass is 9.88. The van der Waals surface area contributed by atoms with Crippen LogP contribution < -0.4 is 10.5 Å². The van der Waals surface area contributed by atoms with Crippen LogP contribution in [0.15, 0.2) is 22.7 Å². The van der Waals surface area contributed by atoms with E-state index in [2.05, 4.69) is 28.9 Å². The second-order valence-electron chi connectivity index (χ2n) is 3.87. The van der Waals surface area contributed by atoms with Gasteiger partial charge in [-0.15, -0.1) is 0 Å². The predicted molar refractivity (Wildman–Crippen MR) is 75.1 cm³/mol. The fourth-order valence-corrected chi connectivity index (χ4v) is 2.16. The minimum absolute atomic E-state index is 0.151. The molecule has 0 aliphatic carbocycles. The smallest absolute Gasteiger partial charge is 0.122 e. The zero-order valence-corrected chi connectivity index (χ0v) is 12.1. The Bertz CT molecular complexity index is 395. The van der Waals surface area contributed by atoms with Crippen LogP contribution in [0.3, 0.4) is 0 Å². The van der Waals surface area contributed by atoms with Crippen LogP contribution >= 0.6 is 28.1 Å². The summed E-state index contributed by atoms with van der Waals surface area (Å²) in [7, 11) is 1.67. The molecule has 4 heteroatoms. The van der Waals surface area contributed by atoms with Crippen molar-refractivity contribution in [3.05, 3.63) is 28.2 Å². The number of nitrogens with two attached hydrogens (primary N) is 1. The summed E-state index contributed by atoms with van der Waals surface area (Å²) >= 11 is 8.49.